The van der Waals surface area contributed by atoms with Crippen molar-refractivity contribution in [2.75, 3.05) is 0 Å². The molecule has 0 saturated carbocycles. The van der Waals surface area contributed by atoms with Crippen LogP contribution in [-0.4, -0.2) is 10.1 Å². The highest BCUT2D eigenvalue weighted by atomic mass is 35.5. The van der Waals surface area contributed by atoms with Gasteiger partial charge < -0.3 is 10.3 Å². The summed E-state index contributed by atoms with van der Waals surface area (Å²) in [4.78, 5) is 3.82. The molecule has 0 aliphatic carbocycles. The van der Waals surface area contributed by atoms with E-state index in [9.17, 15) is 8.78 Å². The lowest BCUT2D eigenvalue weighted by molar-refractivity contribution is 0.380. The zero-order valence-electron chi connectivity index (χ0n) is 7.98. The largest absolute Gasteiger partial charge is 0.338 e. The lowest BCUT2D eigenvalue weighted by atomic mass is 10.2. The minimum Gasteiger partial charge on any atom is -0.338 e. The molecular formula is C9H8ClF2N3O. The highest BCUT2D eigenvalue weighted by molar-refractivity contribution is 5.85. The van der Waals surface area contributed by atoms with Gasteiger partial charge in [-0.2, -0.15) is 4.98 Å². The number of rotatable bonds is 2. The van der Waals surface area contributed by atoms with Crippen LogP contribution in [0.2, 0.25) is 0 Å². The third kappa shape index (κ3) is 2.34. The number of nitrogens with two attached hydrogens (primary N) is 1. The first-order valence-electron chi connectivity index (χ1n) is 4.19. The molecule has 4 nitrogen and oxygen atoms in total. The van der Waals surface area contributed by atoms with Crippen LogP contribution in [0.5, 0.6) is 0 Å². The van der Waals surface area contributed by atoms with Crippen LogP contribution in [0.4, 0.5) is 8.78 Å². The lowest BCUT2D eigenvalue weighted by Crippen LogP contribution is -1.96. The maximum atomic E-state index is 13.3. The molecule has 0 unspecified atom stereocenters. The standard InChI is InChI=1S/C9H7F2N3O.ClH/c10-5-1-2-6(7(11)3-5)9-13-8(4-12)15-14-9;/h1-3H,4,12H2;1H. The monoisotopic (exact) mass is 247 g/mol. The van der Waals surface area contributed by atoms with Gasteiger partial charge in [0.05, 0.1) is 12.1 Å². The van der Waals surface area contributed by atoms with Gasteiger partial charge in [-0.3, -0.25) is 0 Å². The second-order valence-electron chi connectivity index (χ2n) is 2.84. The highest BCUT2D eigenvalue weighted by Crippen LogP contribution is 2.20. The van der Waals surface area contributed by atoms with E-state index in [4.69, 9.17) is 10.3 Å². The van der Waals surface area contributed by atoms with E-state index >= 15 is 0 Å². The van der Waals surface area contributed by atoms with Crippen molar-refractivity contribution in [1.82, 2.24) is 10.1 Å². The highest BCUT2D eigenvalue weighted by Gasteiger charge is 2.12. The van der Waals surface area contributed by atoms with E-state index in [1.54, 1.807) is 0 Å². The van der Waals surface area contributed by atoms with Crippen LogP contribution in [0.15, 0.2) is 22.7 Å². The summed E-state index contributed by atoms with van der Waals surface area (Å²) in [6, 6.07) is 3.13. The molecule has 7 heteroatoms. The van der Waals surface area contributed by atoms with Crippen LogP contribution in [0.3, 0.4) is 0 Å². The van der Waals surface area contributed by atoms with Gasteiger partial charge in [0.15, 0.2) is 0 Å². The predicted octanol–water partition coefficient (Wildman–Crippen LogP) is 1.90. The average Bonchev–Trinajstić information content (AvgIpc) is 2.66. The summed E-state index contributed by atoms with van der Waals surface area (Å²) in [7, 11) is 0. The minimum absolute atomic E-state index is 0. The molecule has 0 atom stereocenters. The zero-order chi connectivity index (χ0) is 10.8. The van der Waals surface area contributed by atoms with Crippen molar-refractivity contribution >= 4 is 12.4 Å². The summed E-state index contributed by atoms with van der Waals surface area (Å²) >= 11 is 0. The summed E-state index contributed by atoms with van der Waals surface area (Å²) in [5, 5.41) is 3.52. The van der Waals surface area contributed by atoms with Gasteiger partial charge in [-0.1, -0.05) is 5.16 Å². The van der Waals surface area contributed by atoms with Crippen molar-refractivity contribution in [2.24, 2.45) is 5.73 Å². The second-order valence-corrected chi connectivity index (χ2v) is 2.84. The molecule has 1 aromatic carbocycles. The molecule has 86 valence electrons. The Morgan fingerprint density at radius 3 is 2.62 bits per heavy atom. The second kappa shape index (κ2) is 5.00. The Morgan fingerprint density at radius 2 is 2.06 bits per heavy atom. The third-order valence-corrected chi connectivity index (χ3v) is 1.81. The van der Waals surface area contributed by atoms with E-state index in [1.165, 1.54) is 6.07 Å². The molecule has 0 radical (unpaired) electrons. The normalized spacial score (nSPS) is 9.94. The van der Waals surface area contributed by atoms with Crippen LogP contribution in [0.1, 0.15) is 5.89 Å². The van der Waals surface area contributed by atoms with Gasteiger partial charge in [0, 0.05) is 6.07 Å². The first-order valence-corrected chi connectivity index (χ1v) is 4.19. The van der Waals surface area contributed by atoms with E-state index in [2.05, 4.69) is 10.1 Å². The van der Waals surface area contributed by atoms with Gasteiger partial charge in [0.1, 0.15) is 11.6 Å². The maximum absolute atomic E-state index is 13.3. The molecule has 0 bridgehead atoms. The summed E-state index contributed by atoms with van der Waals surface area (Å²) < 4.78 is 30.6. The van der Waals surface area contributed by atoms with Gasteiger partial charge in [-0.25, -0.2) is 8.78 Å². The van der Waals surface area contributed by atoms with E-state index in [0.29, 0.717) is 0 Å². The van der Waals surface area contributed by atoms with Crippen LogP contribution in [0, 0.1) is 11.6 Å². The van der Waals surface area contributed by atoms with Gasteiger partial charge >= 0.3 is 0 Å². The summed E-state index contributed by atoms with van der Waals surface area (Å²) in [5.41, 5.74) is 5.34. The van der Waals surface area contributed by atoms with Crippen LogP contribution >= 0.6 is 12.4 Å². The summed E-state index contributed by atoms with van der Waals surface area (Å²) in [5.74, 6) is -1.13. The maximum Gasteiger partial charge on any atom is 0.240 e. The predicted molar refractivity (Wildman–Crippen MR) is 54.8 cm³/mol. The number of hydrogen-bond acceptors (Lipinski definition) is 4. The Bertz CT molecular complexity index is 489. The van der Waals surface area contributed by atoms with Gasteiger partial charge in [-0.05, 0) is 12.1 Å². The van der Waals surface area contributed by atoms with Crippen molar-refractivity contribution in [3.05, 3.63) is 35.7 Å². The average molecular weight is 248 g/mol. The number of halogens is 3. The van der Waals surface area contributed by atoms with Crippen LogP contribution in [-0.2, 0) is 6.54 Å². The van der Waals surface area contributed by atoms with Crippen LogP contribution in [0.25, 0.3) is 11.4 Å². The smallest absolute Gasteiger partial charge is 0.240 e. The molecule has 0 spiro atoms. The third-order valence-electron chi connectivity index (χ3n) is 1.81. The van der Waals surface area contributed by atoms with Crippen LogP contribution < -0.4 is 5.73 Å². The van der Waals surface area contributed by atoms with Crippen molar-refractivity contribution in [2.45, 2.75) is 6.54 Å². The zero-order valence-corrected chi connectivity index (χ0v) is 8.80. The molecule has 0 saturated heterocycles. The molecule has 1 heterocycles. The number of hydrogen-bond donors (Lipinski definition) is 1. The van der Waals surface area contributed by atoms with Gasteiger partial charge in [0.25, 0.3) is 0 Å². The van der Waals surface area contributed by atoms with Gasteiger partial charge in [-0.15, -0.1) is 12.4 Å². The fraction of sp³-hybridized carbons (Fsp3) is 0.111. The molecule has 0 aliphatic heterocycles. The van der Waals surface area contributed by atoms with E-state index < -0.39 is 11.6 Å². The Labute approximate surface area is 95.9 Å². The number of nitrogens with zero attached hydrogens (tertiary/aromatic N) is 2. The minimum atomic E-state index is -0.737. The van der Waals surface area contributed by atoms with E-state index in [0.717, 1.165) is 12.1 Å². The molecule has 1 aromatic heterocycles. The lowest BCUT2D eigenvalue weighted by Gasteiger charge is -1.96. The van der Waals surface area contributed by atoms with Crippen molar-refractivity contribution in [3.63, 3.8) is 0 Å². The molecule has 2 aromatic rings. The number of aromatic nitrogens is 2. The van der Waals surface area contributed by atoms with Crippen molar-refractivity contribution in [1.29, 1.82) is 0 Å². The number of benzene rings is 1. The summed E-state index contributed by atoms with van der Waals surface area (Å²) in [6.07, 6.45) is 0. The Kier molecular flexibility index (Phi) is 3.92. The molecule has 16 heavy (non-hydrogen) atoms. The summed E-state index contributed by atoms with van der Waals surface area (Å²) in [6.45, 7) is 0.0792. The SMILES string of the molecule is Cl.NCc1nc(-c2ccc(F)cc2F)no1. The molecule has 0 amide bonds. The van der Waals surface area contributed by atoms with Gasteiger partial charge in [0.2, 0.25) is 11.7 Å². The molecule has 2 rings (SSSR count). The van der Waals surface area contributed by atoms with Crippen molar-refractivity contribution in [3.8, 4) is 11.4 Å². The van der Waals surface area contributed by atoms with E-state index in [-0.39, 0.29) is 36.2 Å². The molecular weight excluding hydrogens is 240 g/mol. The first kappa shape index (κ1) is 12.5. The van der Waals surface area contributed by atoms with E-state index in [1.807, 2.05) is 0 Å². The fourth-order valence-corrected chi connectivity index (χ4v) is 1.12. The topological polar surface area (TPSA) is 64.9 Å². The molecule has 0 aliphatic rings. The molecule has 2 N–H and O–H groups in total. The Hall–Kier alpha value is -1.53. The first-order chi connectivity index (χ1) is 7.20. The Balaban J connectivity index is 0.00000128. The van der Waals surface area contributed by atoms with Crippen molar-refractivity contribution < 1.29 is 13.3 Å². The fourth-order valence-electron chi connectivity index (χ4n) is 1.12. The molecule has 0 fully saturated rings. The Morgan fingerprint density at radius 1 is 1.31 bits per heavy atom. The quantitative estimate of drug-likeness (QED) is 0.880.